The Hall–Kier alpha value is -6.32. The third-order valence-corrected chi connectivity index (χ3v) is 11.6. The molecular weight excluding hydrogens is 695 g/mol. The summed E-state index contributed by atoms with van der Waals surface area (Å²) in [7, 11) is 0. The van der Waals surface area contributed by atoms with E-state index >= 15 is 0 Å². The molecule has 0 radical (unpaired) electrons. The summed E-state index contributed by atoms with van der Waals surface area (Å²) in [5, 5.41) is 0. The van der Waals surface area contributed by atoms with E-state index in [0.717, 1.165) is 106 Å². The molecule has 0 unspecified atom stereocenters. The van der Waals surface area contributed by atoms with Crippen LogP contribution in [0.2, 0.25) is 0 Å². The molecule has 0 aliphatic carbocycles. The van der Waals surface area contributed by atoms with Crippen LogP contribution in [0.1, 0.15) is 87.5 Å². The monoisotopic (exact) mass is 745 g/mol. The number of carbonyl (C=O) groups is 2. The lowest BCUT2D eigenvalue weighted by molar-refractivity contribution is 0.103. The molecule has 0 saturated carbocycles. The minimum Gasteiger partial charge on any atom is -0.309 e. The Morgan fingerprint density at radius 1 is 0.368 bits per heavy atom. The van der Waals surface area contributed by atoms with E-state index in [1.165, 1.54) is 0 Å². The van der Waals surface area contributed by atoms with Crippen LogP contribution in [0.25, 0.3) is 22.3 Å². The van der Waals surface area contributed by atoms with Gasteiger partial charge in [0.05, 0.1) is 11.4 Å². The molecule has 0 aromatic heterocycles. The van der Waals surface area contributed by atoms with Gasteiger partial charge in [-0.05, 0) is 171 Å². The Morgan fingerprint density at radius 3 is 1.12 bits per heavy atom. The molecule has 7 aromatic carbocycles. The summed E-state index contributed by atoms with van der Waals surface area (Å²) < 4.78 is 0. The zero-order valence-corrected chi connectivity index (χ0v) is 34.9. The van der Waals surface area contributed by atoms with Gasteiger partial charge in [0.2, 0.25) is 0 Å². The molecule has 0 bridgehead atoms. The molecule has 0 atom stereocenters. The molecule has 57 heavy (non-hydrogen) atoms. The van der Waals surface area contributed by atoms with Crippen LogP contribution < -0.4 is 4.90 Å². The van der Waals surface area contributed by atoms with E-state index < -0.39 is 0 Å². The first-order chi connectivity index (χ1) is 27.3. The molecule has 7 aromatic rings. The van der Waals surface area contributed by atoms with Crippen LogP contribution in [0.5, 0.6) is 0 Å². The summed E-state index contributed by atoms with van der Waals surface area (Å²) in [6, 6.07) is 43.4. The van der Waals surface area contributed by atoms with E-state index in [9.17, 15) is 9.59 Å². The summed E-state index contributed by atoms with van der Waals surface area (Å²) >= 11 is 0. The fourth-order valence-electron chi connectivity index (χ4n) is 9.14. The number of para-hydroxylation sites is 1. The van der Waals surface area contributed by atoms with E-state index in [1.807, 2.05) is 88.4 Å². The molecule has 3 heteroatoms. The van der Waals surface area contributed by atoms with Gasteiger partial charge in [-0.1, -0.05) is 103 Å². The predicted molar refractivity (Wildman–Crippen MR) is 239 cm³/mol. The van der Waals surface area contributed by atoms with Crippen LogP contribution in [0.15, 0.2) is 127 Å². The van der Waals surface area contributed by atoms with Crippen molar-refractivity contribution < 1.29 is 9.59 Å². The summed E-state index contributed by atoms with van der Waals surface area (Å²) in [5.41, 5.74) is 21.2. The highest BCUT2D eigenvalue weighted by Crippen LogP contribution is 2.48. The van der Waals surface area contributed by atoms with Gasteiger partial charge in [0.15, 0.2) is 11.6 Å². The molecule has 0 saturated heterocycles. The first kappa shape index (κ1) is 38.9. The number of nitrogens with zero attached hydrogens (tertiary/aromatic N) is 1. The normalized spacial score (nSPS) is 11.1. The van der Waals surface area contributed by atoms with Crippen LogP contribution in [-0.4, -0.2) is 11.6 Å². The summed E-state index contributed by atoms with van der Waals surface area (Å²) in [5.74, 6) is 0.0819. The number of ketones is 2. The molecule has 0 heterocycles. The van der Waals surface area contributed by atoms with E-state index in [4.69, 9.17) is 0 Å². The number of hydrogen-bond donors (Lipinski definition) is 0. The third kappa shape index (κ3) is 7.15. The molecule has 0 fully saturated rings. The maximum absolute atomic E-state index is 14.0. The van der Waals surface area contributed by atoms with Gasteiger partial charge in [0, 0.05) is 27.9 Å². The second kappa shape index (κ2) is 15.7. The number of anilines is 3. The third-order valence-electron chi connectivity index (χ3n) is 11.6. The second-order valence-electron chi connectivity index (χ2n) is 15.7. The minimum atomic E-state index is 0.0410. The van der Waals surface area contributed by atoms with Gasteiger partial charge in [-0.15, -0.1) is 0 Å². The number of aryl methyl sites for hydroxylation is 8. The zero-order valence-electron chi connectivity index (χ0n) is 34.9. The van der Waals surface area contributed by atoms with Gasteiger partial charge in [0.1, 0.15) is 0 Å². The van der Waals surface area contributed by atoms with E-state index in [1.54, 1.807) is 0 Å². The highest BCUT2D eigenvalue weighted by Gasteiger charge is 2.26. The molecular formula is C54H51NO2. The van der Waals surface area contributed by atoms with E-state index in [2.05, 4.69) is 113 Å². The molecule has 0 N–H and O–H groups in total. The maximum atomic E-state index is 14.0. The lowest BCUT2D eigenvalue weighted by Gasteiger charge is -2.34. The van der Waals surface area contributed by atoms with Crippen LogP contribution in [-0.2, 0) is 0 Å². The lowest BCUT2D eigenvalue weighted by atomic mass is 9.87. The molecule has 0 spiro atoms. The summed E-state index contributed by atoms with van der Waals surface area (Å²) in [6.45, 7) is 21.2. The SMILES string of the molecule is Cc1cccc(C)c1C(=O)c1cccc(-c2c(C)cc(C)c(N(c3ccccc3)c3c(C)cc(C)c(-c4cccc(C(=O)c5c(C)cccc5C)c4)c3C)c2C)c1. The maximum Gasteiger partial charge on any atom is 0.193 e. The molecule has 0 aliphatic heterocycles. The predicted octanol–water partition coefficient (Wildman–Crippen LogP) is 14.0. The van der Waals surface area contributed by atoms with Crippen molar-refractivity contribution in [2.45, 2.75) is 69.2 Å². The standard InChI is InChI=1S/C54H51NO2/c1-32-18-14-19-33(2)47(32)53(56)44-24-16-22-42(30-44)49-36(5)28-38(7)51(40(49)9)55(46-26-12-11-13-27-46)52-39(8)29-37(6)50(41(52)10)43-23-17-25-45(31-43)54(57)48-34(3)20-15-21-35(48)4/h11-31H,1-10H3. The van der Waals surface area contributed by atoms with Crippen LogP contribution in [0, 0.1) is 69.2 Å². The van der Waals surface area contributed by atoms with Gasteiger partial charge in [-0.2, -0.15) is 0 Å². The Labute approximate surface area is 338 Å². The Balaban J connectivity index is 1.41. The second-order valence-corrected chi connectivity index (χ2v) is 15.7. The van der Waals surface area contributed by atoms with Crippen molar-refractivity contribution in [3.8, 4) is 22.3 Å². The Kier molecular flexibility index (Phi) is 10.7. The average molecular weight is 746 g/mol. The van der Waals surface area contributed by atoms with Gasteiger partial charge in [-0.3, -0.25) is 9.59 Å². The zero-order chi connectivity index (χ0) is 40.7. The molecule has 0 aliphatic rings. The van der Waals surface area contributed by atoms with Gasteiger partial charge in [0.25, 0.3) is 0 Å². The van der Waals surface area contributed by atoms with Crippen LogP contribution in [0.3, 0.4) is 0 Å². The van der Waals surface area contributed by atoms with E-state index in [-0.39, 0.29) is 11.6 Å². The van der Waals surface area contributed by atoms with Crippen molar-refractivity contribution >= 4 is 28.6 Å². The molecule has 3 nitrogen and oxygen atoms in total. The molecule has 284 valence electrons. The first-order valence-electron chi connectivity index (χ1n) is 19.8. The topological polar surface area (TPSA) is 37.4 Å². The fourth-order valence-corrected chi connectivity index (χ4v) is 9.14. The van der Waals surface area contributed by atoms with E-state index in [0.29, 0.717) is 11.1 Å². The van der Waals surface area contributed by atoms with Crippen molar-refractivity contribution in [1.29, 1.82) is 0 Å². The Bertz CT molecular complexity index is 2510. The largest absolute Gasteiger partial charge is 0.309 e. The number of carbonyl (C=O) groups excluding carboxylic acids is 2. The quantitative estimate of drug-likeness (QED) is 0.138. The van der Waals surface area contributed by atoms with Gasteiger partial charge >= 0.3 is 0 Å². The van der Waals surface area contributed by atoms with Gasteiger partial charge < -0.3 is 4.90 Å². The van der Waals surface area contributed by atoms with Gasteiger partial charge in [-0.25, -0.2) is 0 Å². The van der Waals surface area contributed by atoms with Crippen molar-refractivity contribution in [2.75, 3.05) is 4.90 Å². The van der Waals surface area contributed by atoms with Crippen molar-refractivity contribution in [2.24, 2.45) is 0 Å². The van der Waals surface area contributed by atoms with Crippen molar-refractivity contribution in [3.63, 3.8) is 0 Å². The summed E-state index contributed by atoms with van der Waals surface area (Å²) in [4.78, 5) is 30.5. The van der Waals surface area contributed by atoms with Crippen molar-refractivity contribution in [3.05, 3.63) is 205 Å². The minimum absolute atomic E-state index is 0.0410. The lowest BCUT2D eigenvalue weighted by Crippen LogP contribution is -2.17. The average Bonchev–Trinajstić information content (AvgIpc) is 3.17. The highest BCUT2D eigenvalue weighted by molar-refractivity contribution is 6.12. The van der Waals surface area contributed by atoms with Crippen molar-refractivity contribution in [1.82, 2.24) is 0 Å². The molecule has 7 rings (SSSR count). The fraction of sp³-hybridized carbons (Fsp3) is 0.185. The number of hydrogen-bond acceptors (Lipinski definition) is 3. The Morgan fingerprint density at radius 2 is 0.737 bits per heavy atom. The first-order valence-corrected chi connectivity index (χ1v) is 19.8. The smallest absolute Gasteiger partial charge is 0.193 e. The highest BCUT2D eigenvalue weighted by atomic mass is 16.1. The van der Waals surface area contributed by atoms with Crippen LogP contribution >= 0.6 is 0 Å². The molecule has 0 amide bonds. The van der Waals surface area contributed by atoms with Crippen LogP contribution in [0.4, 0.5) is 17.1 Å². The summed E-state index contributed by atoms with van der Waals surface area (Å²) in [6.07, 6.45) is 0. The number of rotatable bonds is 9. The number of benzene rings is 7.